The van der Waals surface area contributed by atoms with Crippen LogP contribution in [0.2, 0.25) is 0 Å². The van der Waals surface area contributed by atoms with Gasteiger partial charge in [0.2, 0.25) is 5.41 Å². The lowest BCUT2D eigenvalue weighted by molar-refractivity contribution is -0.376. The number of alkyl halides is 18. The minimum Gasteiger partial charge on any atom is -0.478 e. The van der Waals surface area contributed by atoms with Crippen molar-refractivity contribution in [2.75, 3.05) is 17.7 Å². The first-order chi connectivity index (χ1) is 31.0. The van der Waals surface area contributed by atoms with E-state index in [4.69, 9.17) is 0 Å². The predicted molar refractivity (Wildman–Crippen MR) is 196 cm³/mol. The topological polar surface area (TPSA) is 190 Å². The Bertz CT molecular complexity index is 2690. The first kappa shape index (κ1) is 54.7. The van der Waals surface area contributed by atoms with Gasteiger partial charge >= 0.3 is 49.0 Å². The highest BCUT2D eigenvalue weighted by Crippen LogP contribution is 2.57. The SMILES string of the molecule is CNc1cc(C(=O)c2cc(NC(=O)c3cc(C(c4ccc(C(=O)O)c(C(C)=O)c4)(C(F)(F)F)C(F)(F)F)ccc3C(=O)O)cc(C(O)(C(F)(F)F)C(F)(F)F)c2)cc(C(O)(C(F)(F)F)C(F)(F)F)c1. The Kier molecular flexibility index (Phi) is 13.9. The number of carboxylic acids is 2. The average molecular weight is 1020 g/mol. The number of aromatic carboxylic acids is 2. The van der Waals surface area contributed by atoms with E-state index in [1.54, 1.807) is 0 Å². The molecule has 0 aliphatic carbocycles. The summed E-state index contributed by atoms with van der Waals surface area (Å²) in [7, 11) is 0.793. The highest BCUT2D eigenvalue weighted by Gasteiger charge is 2.74. The fourth-order valence-electron chi connectivity index (χ4n) is 6.88. The number of hydrogen-bond donors (Lipinski definition) is 6. The van der Waals surface area contributed by atoms with E-state index in [0.29, 0.717) is 13.0 Å². The molecule has 1 amide bonds. The molecule has 6 N–H and O–H groups in total. The van der Waals surface area contributed by atoms with Crippen molar-refractivity contribution >= 4 is 40.8 Å². The molecule has 4 rings (SSSR count). The second kappa shape index (κ2) is 17.6. The van der Waals surface area contributed by atoms with Gasteiger partial charge in [0.1, 0.15) is 0 Å². The van der Waals surface area contributed by atoms with Crippen LogP contribution in [0.25, 0.3) is 0 Å². The van der Waals surface area contributed by atoms with Crippen LogP contribution in [-0.2, 0) is 16.6 Å². The van der Waals surface area contributed by atoms with Gasteiger partial charge < -0.3 is 31.1 Å². The van der Waals surface area contributed by atoms with E-state index in [1.807, 2.05) is 5.32 Å². The quantitative estimate of drug-likeness (QED) is 0.0589. The van der Waals surface area contributed by atoms with Crippen LogP contribution in [0.1, 0.15) is 86.5 Å². The third-order valence-electron chi connectivity index (χ3n) is 10.3. The van der Waals surface area contributed by atoms with Crippen molar-refractivity contribution < 1.29 is 123 Å². The number of Topliss-reactive ketones (excluding diaryl/α,β-unsaturated/α-hetero) is 1. The lowest BCUT2D eigenvalue weighted by atomic mass is 9.71. The molecule has 11 nitrogen and oxygen atoms in total. The number of nitrogens with one attached hydrogen (secondary N) is 2. The van der Waals surface area contributed by atoms with Crippen molar-refractivity contribution in [2.24, 2.45) is 0 Å². The number of hydrogen-bond acceptors (Lipinski definition) is 8. The molecule has 0 heterocycles. The molecule has 4 aromatic carbocycles. The lowest BCUT2D eigenvalue weighted by Crippen LogP contribution is -2.55. The maximum atomic E-state index is 15.1. The van der Waals surface area contributed by atoms with Crippen LogP contribution in [0.4, 0.5) is 90.4 Å². The van der Waals surface area contributed by atoms with Crippen LogP contribution in [0, 0.1) is 0 Å². The van der Waals surface area contributed by atoms with E-state index < -0.39 is 168 Å². The highest BCUT2D eigenvalue weighted by molar-refractivity contribution is 6.13. The summed E-state index contributed by atoms with van der Waals surface area (Å²) in [5, 5.41) is 42.6. The summed E-state index contributed by atoms with van der Waals surface area (Å²) >= 11 is 0. The molecule has 0 saturated carbocycles. The Morgan fingerprint density at radius 3 is 1.12 bits per heavy atom. The number of benzene rings is 4. The van der Waals surface area contributed by atoms with Gasteiger partial charge in [0.15, 0.2) is 11.6 Å². The number of carbonyl (C=O) groups excluding carboxylic acids is 3. The summed E-state index contributed by atoms with van der Waals surface area (Å²) in [6, 6.07) is -1.85. The van der Waals surface area contributed by atoms with Crippen molar-refractivity contribution in [1.29, 1.82) is 0 Å². The maximum Gasteiger partial charge on any atom is 0.430 e. The molecule has 4 aromatic rings. The van der Waals surface area contributed by atoms with Crippen LogP contribution >= 0.6 is 0 Å². The molecular weight excluding hydrogens is 994 g/mol. The van der Waals surface area contributed by atoms with Crippen molar-refractivity contribution in [3.63, 3.8) is 0 Å². The third-order valence-corrected chi connectivity index (χ3v) is 10.3. The van der Waals surface area contributed by atoms with Gasteiger partial charge in [0.05, 0.1) is 16.7 Å². The van der Waals surface area contributed by atoms with Crippen LogP contribution in [0.5, 0.6) is 0 Å². The van der Waals surface area contributed by atoms with Crippen LogP contribution in [-0.4, -0.2) is 93.9 Å². The Morgan fingerprint density at radius 1 is 0.435 bits per heavy atom. The molecule has 0 spiro atoms. The monoisotopic (exact) mass is 1020 g/mol. The largest absolute Gasteiger partial charge is 0.478 e. The Labute approximate surface area is 371 Å². The summed E-state index contributed by atoms with van der Waals surface area (Å²) < 4.78 is 259. The number of rotatable bonds is 12. The fourth-order valence-corrected chi connectivity index (χ4v) is 6.88. The fraction of sp³-hybridized carbons (Fsp3) is 0.275. The van der Waals surface area contributed by atoms with Gasteiger partial charge in [-0.3, -0.25) is 14.4 Å². The Morgan fingerprint density at radius 2 is 0.783 bits per heavy atom. The van der Waals surface area contributed by atoms with Crippen molar-refractivity contribution in [3.8, 4) is 0 Å². The Hall–Kier alpha value is -6.91. The van der Waals surface area contributed by atoms with Crippen molar-refractivity contribution in [1.82, 2.24) is 0 Å². The first-order valence-electron chi connectivity index (χ1n) is 18.0. The number of aliphatic hydroxyl groups is 2. The molecule has 69 heavy (non-hydrogen) atoms. The van der Waals surface area contributed by atoms with Gasteiger partial charge in [-0.2, -0.15) is 79.0 Å². The molecule has 0 fully saturated rings. The molecule has 29 heteroatoms. The van der Waals surface area contributed by atoms with Crippen LogP contribution in [0.3, 0.4) is 0 Å². The number of ketones is 2. The summed E-state index contributed by atoms with van der Waals surface area (Å²) in [6.07, 6.45) is -40.5. The first-order valence-corrected chi connectivity index (χ1v) is 18.0. The molecular formula is C40H24F18N2O9. The molecule has 374 valence electrons. The van der Waals surface area contributed by atoms with E-state index in [1.165, 1.54) is 5.32 Å². The number of halogens is 18. The highest BCUT2D eigenvalue weighted by atomic mass is 19.4. The lowest BCUT2D eigenvalue weighted by Gasteiger charge is -2.38. The van der Waals surface area contributed by atoms with E-state index in [-0.39, 0.29) is 48.5 Å². The zero-order valence-electron chi connectivity index (χ0n) is 33.6. The summed E-state index contributed by atoms with van der Waals surface area (Å²) in [4.78, 5) is 63.6. The minimum atomic E-state index is -6.91. The summed E-state index contributed by atoms with van der Waals surface area (Å²) in [5.74, 6) is -10.3. The van der Waals surface area contributed by atoms with Gasteiger partial charge in [0.25, 0.3) is 17.1 Å². The van der Waals surface area contributed by atoms with E-state index >= 15 is 26.3 Å². The maximum absolute atomic E-state index is 15.1. The standard InChI is InChI=1S/C40H24F18N2O9/c1-15(61)26-13-18(3-5-24(26)30(64)65)32(35(41,42)43,36(44,45)46)19-4-6-25(31(66)67)27(14-19)29(63)60-23-10-17(8-21(12-23)34(69,39(53,54)55)40(56,57)58)28(62)16-7-20(11-22(9-16)59-2)33(68,37(47,48)49)38(50,51)52/h3-14,59,68-69H,1-2H3,(H,60,63)(H,64,65)(H,66,67). The van der Waals surface area contributed by atoms with Gasteiger partial charge in [0, 0.05) is 46.2 Å². The third kappa shape index (κ3) is 9.34. The van der Waals surface area contributed by atoms with E-state index in [0.717, 1.165) is 7.05 Å². The molecule has 0 unspecified atom stereocenters. The Balaban J connectivity index is 2.10. The zero-order chi connectivity index (χ0) is 53.2. The zero-order valence-corrected chi connectivity index (χ0v) is 33.6. The molecule has 0 radical (unpaired) electrons. The summed E-state index contributed by atoms with van der Waals surface area (Å²) in [5.41, 5.74) is -38.1. The van der Waals surface area contributed by atoms with Crippen LogP contribution in [0.15, 0.2) is 72.8 Å². The molecule has 0 aliphatic rings. The second-order valence-corrected chi connectivity index (χ2v) is 14.5. The van der Waals surface area contributed by atoms with Gasteiger partial charge in [-0.25, -0.2) is 9.59 Å². The van der Waals surface area contributed by atoms with E-state index in [2.05, 4.69) is 0 Å². The predicted octanol–water partition coefficient (Wildman–Crippen LogP) is 9.85. The molecule has 0 aliphatic heterocycles. The van der Waals surface area contributed by atoms with Gasteiger partial charge in [-0.15, -0.1) is 0 Å². The normalized spacial score (nSPS) is 13.5. The van der Waals surface area contributed by atoms with Gasteiger partial charge in [-0.05, 0) is 78.7 Å². The molecule has 0 saturated heterocycles. The van der Waals surface area contributed by atoms with Crippen molar-refractivity contribution in [3.05, 3.63) is 128 Å². The molecule has 0 bridgehead atoms. The summed E-state index contributed by atoms with van der Waals surface area (Å²) in [6.45, 7) is 0.536. The molecule has 0 aromatic heterocycles. The van der Waals surface area contributed by atoms with E-state index in [9.17, 15) is 97.1 Å². The number of carboxylic acid groups (broad SMARTS) is 2. The van der Waals surface area contributed by atoms with Gasteiger partial charge in [-0.1, -0.05) is 12.1 Å². The van der Waals surface area contributed by atoms with Crippen molar-refractivity contribution in [2.45, 2.75) is 60.6 Å². The average Bonchev–Trinajstić information content (AvgIpc) is 3.19. The van der Waals surface area contributed by atoms with Crippen LogP contribution < -0.4 is 10.6 Å². The number of anilines is 2. The smallest absolute Gasteiger partial charge is 0.430 e. The number of amides is 1. The minimum absolute atomic E-state index is 0.0321. The number of carbonyl (C=O) groups is 5. The molecule has 0 atom stereocenters. The second-order valence-electron chi connectivity index (χ2n) is 14.5.